The summed E-state index contributed by atoms with van der Waals surface area (Å²) in [5, 5.41) is 91.8. The lowest BCUT2D eigenvalue weighted by Gasteiger charge is -2.35. The number of carboxylic acids is 2. The zero-order valence-corrected chi connectivity index (χ0v) is 67.5. The number of halogens is 21. The second-order valence-electron chi connectivity index (χ2n) is 26.8. The summed E-state index contributed by atoms with van der Waals surface area (Å²) < 4.78 is 268. The molecule has 4 aromatic heterocycles. The largest absolute Gasteiger partial charge is 0.488 e. The van der Waals surface area contributed by atoms with E-state index in [0.29, 0.717) is 44.3 Å². The maximum atomic E-state index is 15.1. The smallest absolute Gasteiger partial charge is 0.484 e. The highest BCUT2D eigenvalue weighted by atomic mass is 79.9. The number of aliphatic hydroxyl groups excluding tert-OH is 2. The van der Waals surface area contributed by atoms with Gasteiger partial charge in [0.15, 0.2) is 41.2 Å². The minimum Gasteiger partial charge on any atom is -0.484 e. The van der Waals surface area contributed by atoms with Crippen molar-refractivity contribution in [3.63, 3.8) is 0 Å². The number of aliphatic hydroxyl groups is 6. The Labute approximate surface area is 714 Å². The van der Waals surface area contributed by atoms with Crippen molar-refractivity contribution in [1.82, 2.24) is 19.9 Å². The number of nitrogens with zero attached hydrogens (tertiary/aromatic N) is 4. The molecular weight excluding hydrogens is 1840 g/mol. The molecule has 0 radical (unpaired) electrons. The molecule has 6 atom stereocenters. The Balaban J connectivity index is 0.000000238. The van der Waals surface area contributed by atoms with E-state index in [1.54, 1.807) is 0 Å². The van der Waals surface area contributed by atoms with Crippen molar-refractivity contribution in [2.75, 3.05) is 32.8 Å². The fraction of sp³-hybridized carbons (Fsp3) is 0.220. The predicted octanol–water partition coefficient (Wildman–Crippen LogP) is 12.9. The third-order valence-electron chi connectivity index (χ3n) is 18.2. The number of aromatic nitrogens is 4. The zero-order valence-electron chi connectivity index (χ0n) is 64.3. The van der Waals surface area contributed by atoms with E-state index in [1.807, 2.05) is 62.4 Å². The number of alkyl halides is 11. The van der Waals surface area contributed by atoms with Crippen molar-refractivity contribution in [2.45, 2.75) is 78.3 Å². The summed E-state index contributed by atoms with van der Waals surface area (Å²) in [4.78, 5) is 34.1. The Morgan fingerprint density at radius 1 is 0.376 bits per heavy atom. The molecule has 7 aromatic carbocycles. The number of nitrogens with two attached hydrogens (primary N) is 4. The highest BCUT2D eigenvalue weighted by molar-refractivity contribution is 9.10. The Bertz CT molecular complexity index is 5120. The van der Waals surface area contributed by atoms with Crippen LogP contribution in [0.5, 0.6) is 5.75 Å². The van der Waals surface area contributed by atoms with Gasteiger partial charge in [0.25, 0.3) is 0 Å². The summed E-state index contributed by atoms with van der Waals surface area (Å²) in [6.45, 7) is -1.48. The maximum absolute atomic E-state index is 15.1. The summed E-state index contributed by atoms with van der Waals surface area (Å²) in [5.41, 5.74) is 7.73. The summed E-state index contributed by atoms with van der Waals surface area (Å²) in [6.07, 6.45) is -4.20. The van der Waals surface area contributed by atoms with Gasteiger partial charge in [0.2, 0.25) is 0 Å². The van der Waals surface area contributed by atoms with Gasteiger partial charge in [-0.3, -0.25) is 19.9 Å². The summed E-state index contributed by atoms with van der Waals surface area (Å²) in [6, 6.07) is 37.1. The summed E-state index contributed by atoms with van der Waals surface area (Å²) in [5.74, 6) is -28.6. The van der Waals surface area contributed by atoms with Crippen LogP contribution in [0.15, 0.2) is 228 Å². The van der Waals surface area contributed by atoms with Crippen LogP contribution in [-0.4, -0.2) is 141 Å². The minimum atomic E-state index is -4.38. The number of ether oxygens (including phenoxy) is 1. The summed E-state index contributed by atoms with van der Waals surface area (Å²) in [7, 11) is -1.64. The van der Waals surface area contributed by atoms with Crippen molar-refractivity contribution >= 4 is 56.4 Å². The lowest BCUT2D eigenvalue weighted by atomic mass is 9.80. The normalized spacial score (nSPS) is 14.0. The van der Waals surface area contributed by atoms with Crippen molar-refractivity contribution in [3.8, 4) is 28.0 Å². The number of hydrogen-bond donors (Lipinski definition) is 14. The van der Waals surface area contributed by atoms with Crippen molar-refractivity contribution in [1.29, 1.82) is 0 Å². The van der Waals surface area contributed by atoms with E-state index >= 15 is 17.6 Å². The fourth-order valence-electron chi connectivity index (χ4n) is 11.1. The van der Waals surface area contributed by atoms with Crippen molar-refractivity contribution < 1.29 is 149 Å². The van der Waals surface area contributed by atoms with Gasteiger partial charge in [-0.2, -0.15) is 48.3 Å². The monoisotopic (exact) mass is 1910 g/mol. The van der Waals surface area contributed by atoms with Crippen LogP contribution in [0.2, 0.25) is 0 Å². The van der Waals surface area contributed by atoms with Gasteiger partial charge in [-0.05, 0) is 135 Å². The van der Waals surface area contributed by atoms with E-state index in [4.69, 9.17) is 53.4 Å². The molecule has 0 amide bonds. The molecule has 0 aliphatic heterocycles. The molecule has 18 N–H and O–H groups in total. The number of hydrogen-bond acceptors (Lipinski definition) is 19. The molecular formula is C82H72BBr2F19N8O13. The minimum absolute atomic E-state index is 0.0247. The second kappa shape index (κ2) is 42.9. The lowest BCUT2D eigenvalue weighted by molar-refractivity contribution is -0.193. The van der Waals surface area contributed by atoms with E-state index in [9.17, 15) is 95.9 Å². The van der Waals surface area contributed by atoms with Gasteiger partial charge < -0.3 is 78.6 Å². The van der Waals surface area contributed by atoms with Crippen LogP contribution in [0.1, 0.15) is 56.2 Å². The van der Waals surface area contributed by atoms with E-state index in [-0.39, 0.29) is 11.2 Å². The fourth-order valence-corrected chi connectivity index (χ4v) is 11.5. The Morgan fingerprint density at radius 3 is 0.824 bits per heavy atom. The molecule has 0 aliphatic carbocycles. The molecule has 4 heterocycles. The van der Waals surface area contributed by atoms with Gasteiger partial charge >= 0.3 is 48.9 Å². The third-order valence-corrected chi connectivity index (χ3v) is 19.1. The highest BCUT2D eigenvalue weighted by Crippen LogP contribution is 2.50. The molecule has 0 unspecified atom stereocenters. The summed E-state index contributed by atoms with van der Waals surface area (Å²) >= 11 is 6.10. The molecule has 0 bridgehead atoms. The van der Waals surface area contributed by atoms with Gasteiger partial charge in [0, 0.05) is 118 Å². The van der Waals surface area contributed by atoms with Gasteiger partial charge in [0.05, 0.1) is 0 Å². The number of carbonyl (C=O) groups is 2. The standard InChI is InChI=1S/2C21H18F4N2O.2C14H11BrF4N2O.C8H8BF3O3.C4H6O6/c2*1-13-2-4-14(5-3-13)15-6-9-19(27-11-15)21(24,25)20(28,12-26)17-8-7-16(22)10-18(17)23;2*15-8-1-4-12(21-6-8)14(18,19)13(22,7-20)10-3-2-9(16)5-11(10)17;10-8(11,12)5-15-7-3-1-6(2-4-7)9(13)14;5-1(3(7)8)2(6)4(9)10/h2*2-11,28H,12,26H2,1H3;2*1-6,22H,7,20H2;1-4,13-14H,5H2;1-2,5-6H,(H,7,8)(H,9,10)/t2*20-;2*13-;;1-,2-/m1010.1/s1. The van der Waals surface area contributed by atoms with Crippen LogP contribution in [0.25, 0.3) is 22.3 Å². The topological polar surface area (TPSA) is 401 Å². The molecule has 0 spiro atoms. The third kappa shape index (κ3) is 24.8. The lowest BCUT2D eigenvalue weighted by Crippen LogP contribution is -2.50. The van der Waals surface area contributed by atoms with Crippen molar-refractivity contribution in [3.05, 3.63) is 331 Å². The zero-order chi connectivity index (χ0) is 93.9. The number of carboxylic acid groups (broad SMARTS) is 2. The average Bonchev–Trinajstić information content (AvgIpc) is 0.763. The maximum Gasteiger partial charge on any atom is 0.488 e. The first-order valence-electron chi connectivity index (χ1n) is 35.5. The quantitative estimate of drug-likeness (QED) is 0.0197. The Kier molecular flexibility index (Phi) is 35.3. The molecule has 0 fully saturated rings. The number of aliphatic carboxylic acids is 2. The average molecular weight is 1910 g/mol. The molecule has 0 saturated heterocycles. The number of rotatable bonds is 24. The van der Waals surface area contributed by atoms with E-state index in [2.05, 4.69) is 56.5 Å². The van der Waals surface area contributed by atoms with E-state index < -0.39 is 208 Å². The second-order valence-corrected chi connectivity index (χ2v) is 28.6. The van der Waals surface area contributed by atoms with Crippen molar-refractivity contribution in [2.24, 2.45) is 22.9 Å². The van der Waals surface area contributed by atoms with Gasteiger partial charge in [-0.1, -0.05) is 108 Å². The highest BCUT2D eigenvalue weighted by Gasteiger charge is 2.60. The molecule has 125 heavy (non-hydrogen) atoms. The van der Waals surface area contributed by atoms with Crippen LogP contribution in [-0.2, 0) is 55.7 Å². The molecule has 0 saturated carbocycles. The van der Waals surface area contributed by atoms with Gasteiger partial charge in [0.1, 0.15) is 75.1 Å². The number of aryl methyl sites for hydroxylation is 2. The number of benzene rings is 7. The van der Waals surface area contributed by atoms with Crippen LogP contribution >= 0.6 is 31.9 Å². The Morgan fingerprint density at radius 2 is 0.624 bits per heavy atom. The van der Waals surface area contributed by atoms with Crippen LogP contribution in [0.4, 0.5) is 83.4 Å². The first-order chi connectivity index (χ1) is 58.2. The van der Waals surface area contributed by atoms with E-state index in [1.165, 1.54) is 60.9 Å². The van der Waals surface area contributed by atoms with Gasteiger partial charge in [-0.15, -0.1) is 0 Å². The number of pyridine rings is 4. The van der Waals surface area contributed by atoms with Crippen LogP contribution in [0, 0.1) is 60.4 Å². The first kappa shape index (κ1) is 103. The molecule has 21 nitrogen and oxygen atoms in total. The molecule has 668 valence electrons. The molecule has 11 rings (SSSR count). The first-order valence-corrected chi connectivity index (χ1v) is 37.1. The van der Waals surface area contributed by atoms with Crippen LogP contribution in [0.3, 0.4) is 0 Å². The molecule has 43 heteroatoms. The van der Waals surface area contributed by atoms with E-state index in [0.717, 1.165) is 107 Å². The SMILES string of the molecule is Cc1ccc(-c2ccc(C(F)(F)[C@@](O)(CN)c3ccc(F)cc3F)nc2)cc1.Cc1ccc(-c2ccc(C(F)(F)[C@](O)(CN)c3ccc(F)cc3F)nc2)cc1.NC[C@@](O)(c1ccc(F)cc1F)C(F)(F)c1ccc(Br)cn1.NC[C@](O)(c1ccc(F)cc1F)C(F)(F)c1ccc(Br)cn1.O=C(O)[C@H](O)[C@@H](O)C(=O)O.OB(O)c1ccc(OCC(F)(F)F)cc1. The van der Waals surface area contributed by atoms with Gasteiger partial charge in [-0.25, -0.2) is 44.7 Å². The van der Waals surface area contributed by atoms with Crippen LogP contribution < -0.4 is 33.1 Å². The Hall–Kier alpha value is -10.9. The molecule has 11 aromatic rings. The predicted molar refractivity (Wildman–Crippen MR) is 421 cm³/mol. The molecule has 0 aliphatic rings.